The Hall–Kier alpha value is -1.86. The smallest absolute Gasteiger partial charge is 0.248 e. The van der Waals surface area contributed by atoms with Crippen molar-refractivity contribution in [2.24, 2.45) is 0 Å². The average Bonchev–Trinajstić information content (AvgIpc) is 3.11. The molecule has 0 radical (unpaired) electrons. The van der Waals surface area contributed by atoms with Crippen molar-refractivity contribution in [3.63, 3.8) is 0 Å². The monoisotopic (exact) mass is 332 g/mol. The van der Waals surface area contributed by atoms with E-state index in [0.29, 0.717) is 5.75 Å². The van der Waals surface area contributed by atoms with Gasteiger partial charge in [0, 0.05) is 11.1 Å². The van der Waals surface area contributed by atoms with Crippen LogP contribution in [-0.2, 0) is 4.79 Å². The average molecular weight is 332 g/mol. The normalized spacial score (nSPS) is 16.0. The minimum absolute atomic E-state index is 0.0880. The zero-order valence-corrected chi connectivity index (χ0v) is 13.7. The molecule has 0 atom stereocenters. The lowest BCUT2D eigenvalue weighted by Crippen LogP contribution is -2.35. The van der Waals surface area contributed by atoms with Crippen molar-refractivity contribution in [3.8, 4) is 0 Å². The molecule has 3 rings (SSSR count). The fourth-order valence-electron chi connectivity index (χ4n) is 1.99. The highest BCUT2D eigenvalue weighted by Gasteiger charge is 2.08. The summed E-state index contributed by atoms with van der Waals surface area (Å²) >= 11 is 3.10. The number of H-pyrrole nitrogens is 1. The Balaban J connectivity index is 1.44. The van der Waals surface area contributed by atoms with E-state index in [4.69, 9.17) is 0 Å². The molecule has 0 fully saturated rings. The first kappa shape index (κ1) is 15.1. The standard InChI is InChI=1S/C15H16N4OS2/c1-10-6-7-11(22-10)8-16-19-14(20)9-21-15-17-12-4-2-3-5-13(12)18-15/h2-6,8,16H,7,9H2,1H3,(H,17,18)(H,19,20). The van der Waals surface area contributed by atoms with Gasteiger partial charge in [-0.3, -0.25) is 10.2 Å². The summed E-state index contributed by atoms with van der Waals surface area (Å²) in [6.07, 6.45) is 4.92. The zero-order valence-electron chi connectivity index (χ0n) is 12.1. The lowest BCUT2D eigenvalue weighted by molar-refractivity contribution is -0.119. The molecule has 5 nitrogen and oxygen atoms in total. The van der Waals surface area contributed by atoms with Gasteiger partial charge in [-0.05, 0) is 30.4 Å². The molecule has 0 bridgehead atoms. The maximum absolute atomic E-state index is 11.8. The number of nitrogens with zero attached hydrogens (tertiary/aromatic N) is 1. The number of thioether (sulfide) groups is 2. The summed E-state index contributed by atoms with van der Waals surface area (Å²) in [5.74, 6) is 0.218. The molecule has 0 unspecified atom stereocenters. The first-order chi connectivity index (χ1) is 10.7. The van der Waals surface area contributed by atoms with Crippen molar-refractivity contribution in [2.45, 2.75) is 18.5 Å². The maximum Gasteiger partial charge on any atom is 0.248 e. The van der Waals surface area contributed by atoms with E-state index in [-0.39, 0.29) is 5.91 Å². The van der Waals surface area contributed by atoms with Crippen LogP contribution in [0.1, 0.15) is 13.3 Å². The van der Waals surface area contributed by atoms with Gasteiger partial charge in [-0.2, -0.15) is 0 Å². The highest BCUT2D eigenvalue weighted by molar-refractivity contribution is 8.07. The van der Waals surface area contributed by atoms with E-state index in [9.17, 15) is 4.79 Å². The number of allylic oxidation sites excluding steroid dienone is 3. The predicted molar refractivity (Wildman–Crippen MR) is 92.1 cm³/mol. The zero-order chi connectivity index (χ0) is 15.4. The van der Waals surface area contributed by atoms with Crippen LogP contribution >= 0.6 is 23.5 Å². The van der Waals surface area contributed by atoms with Crippen LogP contribution in [-0.4, -0.2) is 21.6 Å². The molecule has 1 aromatic carbocycles. The third-order valence-electron chi connectivity index (χ3n) is 3.04. The summed E-state index contributed by atoms with van der Waals surface area (Å²) in [6, 6.07) is 7.81. The largest absolute Gasteiger partial charge is 0.333 e. The number of hydrogen-bond acceptors (Lipinski definition) is 5. The minimum Gasteiger partial charge on any atom is -0.333 e. The number of amides is 1. The van der Waals surface area contributed by atoms with Gasteiger partial charge in [-0.1, -0.05) is 41.7 Å². The number of para-hydroxylation sites is 2. The van der Waals surface area contributed by atoms with Crippen LogP contribution in [0.15, 0.2) is 51.5 Å². The third kappa shape index (κ3) is 3.86. The number of fused-ring (bicyclic) bond motifs is 1. The molecule has 2 heterocycles. The Bertz CT molecular complexity index is 718. The molecule has 22 heavy (non-hydrogen) atoms. The molecule has 2 aromatic rings. The molecule has 1 aliphatic rings. The summed E-state index contributed by atoms with van der Waals surface area (Å²) < 4.78 is 0. The van der Waals surface area contributed by atoms with Crippen molar-refractivity contribution >= 4 is 40.5 Å². The lowest BCUT2D eigenvalue weighted by Gasteiger charge is -2.04. The number of carbonyl (C=O) groups is 1. The molecular formula is C15H16N4OS2. The third-order valence-corrected chi connectivity index (χ3v) is 4.94. The van der Waals surface area contributed by atoms with Gasteiger partial charge in [0.05, 0.1) is 16.8 Å². The number of carbonyl (C=O) groups excluding carboxylic acids is 1. The summed E-state index contributed by atoms with van der Waals surface area (Å²) in [6.45, 7) is 2.08. The van der Waals surface area contributed by atoms with E-state index >= 15 is 0 Å². The number of hydrogen-bond donors (Lipinski definition) is 3. The highest BCUT2D eigenvalue weighted by atomic mass is 32.2. The first-order valence-corrected chi connectivity index (χ1v) is 8.66. The number of benzene rings is 1. The van der Waals surface area contributed by atoms with Crippen LogP contribution in [0.25, 0.3) is 11.0 Å². The highest BCUT2D eigenvalue weighted by Crippen LogP contribution is 2.34. The number of rotatable bonds is 5. The van der Waals surface area contributed by atoms with E-state index in [1.54, 1.807) is 11.8 Å². The van der Waals surface area contributed by atoms with E-state index in [2.05, 4.69) is 33.8 Å². The van der Waals surface area contributed by atoms with Gasteiger partial charge in [-0.25, -0.2) is 4.98 Å². The number of imidazole rings is 1. The van der Waals surface area contributed by atoms with Gasteiger partial charge in [0.2, 0.25) is 5.91 Å². The number of aromatic nitrogens is 2. The van der Waals surface area contributed by atoms with Crippen molar-refractivity contribution in [2.75, 3.05) is 5.75 Å². The molecule has 0 saturated carbocycles. The van der Waals surface area contributed by atoms with Gasteiger partial charge >= 0.3 is 0 Å². The molecule has 1 aromatic heterocycles. The minimum atomic E-state index is -0.0880. The van der Waals surface area contributed by atoms with Gasteiger partial charge in [0.15, 0.2) is 5.16 Å². The fraction of sp³-hybridized carbons (Fsp3) is 0.200. The second kappa shape index (κ2) is 6.93. The summed E-state index contributed by atoms with van der Waals surface area (Å²) in [5.41, 5.74) is 7.41. The second-order valence-electron chi connectivity index (χ2n) is 4.77. The van der Waals surface area contributed by atoms with Crippen molar-refractivity contribution < 1.29 is 4.79 Å². The van der Waals surface area contributed by atoms with E-state index < -0.39 is 0 Å². The first-order valence-electron chi connectivity index (χ1n) is 6.86. The van der Waals surface area contributed by atoms with E-state index in [1.165, 1.54) is 21.6 Å². The Labute approximate surface area is 137 Å². The Morgan fingerprint density at radius 3 is 3.14 bits per heavy atom. The van der Waals surface area contributed by atoms with Crippen LogP contribution < -0.4 is 10.9 Å². The molecule has 114 valence electrons. The maximum atomic E-state index is 11.8. The van der Waals surface area contributed by atoms with Gasteiger partial charge in [0.25, 0.3) is 0 Å². The molecule has 1 amide bonds. The Kier molecular flexibility index (Phi) is 4.74. The van der Waals surface area contributed by atoms with E-state index in [1.807, 2.05) is 30.5 Å². The van der Waals surface area contributed by atoms with Crippen LogP contribution in [0.2, 0.25) is 0 Å². The topological polar surface area (TPSA) is 69.8 Å². The quantitative estimate of drug-likeness (QED) is 0.579. The van der Waals surface area contributed by atoms with Gasteiger partial charge in [-0.15, -0.1) is 0 Å². The van der Waals surface area contributed by atoms with E-state index in [0.717, 1.165) is 22.6 Å². The molecule has 0 saturated heterocycles. The summed E-state index contributed by atoms with van der Waals surface area (Å²) in [4.78, 5) is 21.9. The molecule has 7 heteroatoms. The van der Waals surface area contributed by atoms with Crippen LogP contribution in [0.5, 0.6) is 0 Å². The SMILES string of the molecule is CC1=CCC(=CNNC(=O)CSc2nc3ccccc3[nH]2)S1. The molecule has 3 N–H and O–H groups in total. The Morgan fingerprint density at radius 2 is 2.36 bits per heavy atom. The van der Waals surface area contributed by atoms with Gasteiger partial charge < -0.3 is 10.4 Å². The molecule has 0 aliphatic carbocycles. The predicted octanol–water partition coefficient (Wildman–Crippen LogP) is 3.16. The number of aromatic amines is 1. The van der Waals surface area contributed by atoms with Crippen LogP contribution in [0.3, 0.4) is 0 Å². The lowest BCUT2D eigenvalue weighted by atomic mass is 10.3. The van der Waals surface area contributed by atoms with Crippen LogP contribution in [0, 0.1) is 0 Å². The van der Waals surface area contributed by atoms with Crippen molar-refractivity contribution in [1.29, 1.82) is 0 Å². The van der Waals surface area contributed by atoms with Gasteiger partial charge in [0.1, 0.15) is 0 Å². The number of nitrogens with one attached hydrogen (secondary N) is 3. The molecule has 1 aliphatic heterocycles. The summed E-state index contributed by atoms with van der Waals surface area (Å²) in [5, 5.41) is 0.751. The van der Waals surface area contributed by atoms with Crippen molar-refractivity contribution in [3.05, 3.63) is 46.4 Å². The summed E-state index contributed by atoms with van der Waals surface area (Å²) in [7, 11) is 0. The molecule has 0 spiro atoms. The Morgan fingerprint density at radius 1 is 1.50 bits per heavy atom. The molecular weight excluding hydrogens is 316 g/mol. The van der Waals surface area contributed by atoms with Crippen molar-refractivity contribution in [1.82, 2.24) is 20.8 Å². The fourth-order valence-corrected chi connectivity index (χ4v) is 3.54. The van der Waals surface area contributed by atoms with Crippen LogP contribution in [0.4, 0.5) is 0 Å². The number of hydrazine groups is 1. The second-order valence-corrected chi connectivity index (χ2v) is 7.11.